The summed E-state index contributed by atoms with van der Waals surface area (Å²) in [5.41, 5.74) is 2.08. The van der Waals surface area contributed by atoms with Crippen LogP contribution in [0.1, 0.15) is 91.4 Å². The van der Waals surface area contributed by atoms with Gasteiger partial charge in [0.05, 0.1) is 6.10 Å². The van der Waals surface area contributed by atoms with Crippen molar-refractivity contribution < 1.29 is 5.11 Å². The van der Waals surface area contributed by atoms with Crippen LogP contribution in [0.3, 0.4) is 0 Å². The number of aliphatic hydroxyl groups is 1. The average molecular weight is 331 g/mol. The van der Waals surface area contributed by atoms with E-state index in [2.05, 4.69) is 20.8 Å². The molecule has 0 saturated heterocycles. The van der Waals surface area contributed by atoms with Gasteiger partial charge >= 0.3 is 0 Å². The first-order valence-electron chi connectivity index (χ1n) is 11.1. The van der Waals surface area contributed by atoms with E-state index in [0.717, 1.165) is 47.8 Å². The Morgan fingerprint density at radius 1 is 0.917 bits per heavy atom. The fourth-order valence-electron chi connectivity index (χ4n) is 9.53. The normalized spacial score (nSPS) is 58.1. The molecule has 1 nitrogen and oxygen atoms in total. The highest BCUT2D eigenvalue weighted by Gasteiger charge is 2.85. The average Bonchev–Trinajstić information content (AvgIpc) is 2.78. The Hall–Kier alpha value is -0.0400. The van der Waals surface area contributed by atoms with Crippen molar-refractivity contribution in [2.45, 2.75) is 97.5 Å². The molecule has 5 aliphatic rings. The fourth-order valence-corrected chi connectivity index (χ4v) is 9.53. The third-order valence-electron chi connectivity index (χ3n) is 10.3. The molecule has 8 unspecified atom stereocenters. The van der Waals surface area contributed by atoms with Gasteiger partial charge in [0.15, 0.2) is 0 Å². The van der Waals surface area contributed by atoms with Crippen molar-refractivity contribution in [2.24, 2.45) is 45.8 Å². The van der Waals surface area contributed by atoms with E-state index in [4.69, 9.17) is 0 Å². The first-order valence-corrected chi connectivity index (χ1v) is 11.1. The van der Waals surface area contributed by atoms with Crippen LogP contribution in [0.2, 0.25) is 0 Å². The second-order valence-corrected chi connectivity index (χ2v) is 11.1. The van der Waals surface area contributed by atoms with Gasteiger partial charge in [-0.3, -0.25) is 0 Å². The topological polar surface area (TPSA) is 20.2 Å². The maximum Gasteiger partial charge on any atom is 0.0543 e. The van der Waals surface area contributed by atoms with Crippen LogP contribution in [0.4, 0.5) is 0 Å². The predicted octanol–water partition coefficient (Wildman–Crippen LogP) is 5.81. The van der Waals surface area contributed by atoms with Crippen molar-refractivity contribution in [2.75, 3.05) is 0 Å². The van der Waals surface area contributed by atoms with Crippen LogP contribution in [0.15, 0.2) is 0 Å². The van der Waals surface area contributed by atoms with Gasteiger partial charge in [0.25, 0.3) is 0 Å². The summed E-state index contributed by atoms with van der Waals surface area (Å²) in [7, 11) is 0. The number of hydrogen-bond acceptors (Lipinski definition) is 1. The lowest BCUT2D eigenvalue weighted by atomic mass is 9.59. The van der Waals surface area contributed by atoms with Gasteiger partial charge in [0.2, 0.25) is 0 Å². The molecule has 5 rings (SSSR count). The largest absolute Gasteiger partial charge is 0.393 e. The van der Waals surface area contributed by atoms with E-state index >= 15 is 0 Å². The summed E-state index contributed by atoms with van der Waals surface area (Å²) >= 11 is 0. The van der Waals surface area contributed by atoms with Gasteiger partial charge in [-0.25, -0.2) is 0 Å². The molecule has 5 aliphatic carbocycles. The van der Waals surface area contributed by atoms with E-state index in [1.54, 1.807) is 0 Å². The number of hydrogen-bond donors (Lipinski definition) is 1. The van der Waals surface area contributed by atoms with E-state index in [0.29, 0.717) is 10.8 Å². The second kappa shape index (κ2) is 5.02. The van der Waals surface area contributed by atoms with Crippen molar-refractivity contribution in [3.05, 3.63) is 0 Å². The summed E-state index contributed by atoms with van der Waals surface area (Å²) in [6, 6.07) is 0. The molecule has 2 spiro atoms. The molecule has 0 amide bonds. The van der Waals surface area contributed by atoms with Crippen LogP contribution in [0, 0.1) is 45.8 Å². The van der Waals surface area contributed by atoms with Crippen molar-refractivity contribution in [3.63, 3.8) is 0 Å². The Morgan fingerprint density at radius 3 is 2.50 bits per heavy atom. The van der Waals surface area contributed by atoms with Gasteiger partial charge in [0, 0.05) is 0 Å². The number of fused-ring (bicyclic) bond motifs is 1. The van der Waals surface area contributed by atoms with E-state index in [1.165, 1.54) is 57.8 Å². The molecule has 0 bridgehead atoms. The lowest BCUT2D eigenvalue weighted by molar-refractivity contribution is 0.0244. The van der Waals surface area contributed by atoms with Crippen LogP contribution in [-0.2, 0) is 0 Å². The molecule has 0 aromatic rings. The quantitative estimate of drug-likeness (QED) is 0.692. The summed E-state index contributed by atoms with van der Waals surface area (Å²) in [6.07, 6.45) is 15.6. The molecule has 0 heterocycles. The van der Waals surface area contributed by atoms with Crippen LogP contribution in [0.25, 0.3) is 0 Å². The molecule has 136 valence electrons. The molecule has 24 heavy (non-hydrogen) atoms. The van der Waals surface area contributed by atoms with Crippen LogP contribution in [-0.4, -0.2) is 11.2 Å². The first kappa shape index (κ1) is 16.2. The minimum atomic E-state index is 0.0205. The number of aliphatic hydroxyl groups excluding tert-OH is 1. The zero-order valence-corrected chi connectivity index (χ0v) is 16.2. The minimum Gasteiger partial charge on any atom is -0.393 e. The Morgan fingerprint density at radius 2 is 1.71 bits per heavy atom. The van der Waals surface area contributed by atoms with E-state index in [1.807, 2.05) is 0 Å². The minimum absolute atomic E-state index is 0.0205. The van der Waals surface area contributed by atoms with Crippen molar-refractivity contribution in [3.8, 4) is 0 Å². The molecule has 1 N–H and O–H groups in total. The Kier molecular flexibility index (Phi) is 3.38. The third-order valence-corrected chi connectivity index (χ3v) is 10.3. The van der Waals surface area contributed by atoms with Crippen molar-refractivity contribution in [1.29, 1.82) is 0 Å². The van der Waals surface area contributed by atoms with Gasteiger partial charge in [-0.2, -0.15) is 0 Å². The predicted molar refractivity (Wildman–Crippen MR) is 98.6 cm³/mol. The molecule has 0 aromatic carbocycles. The maximum atomic E-state index is 10.2. The van der Waals surface area contributed by atoms with Crippen LogP contribution < -0.4 is 0 Å². The van der Waals surface area contributed by atoms with E-state index in [-0.39, 0.29) is 6.10 Å². The lowest BCUT2D eigenvalue weighted by Gasteiger charge is -2.46. The van der Waals surface area contributed by atoms with Crippen LogP contribution >= 0.6 is 0 Å². The highest BCUT2D eigenvalue weighted by Crippen LogP contribution is 2.91. The van der Waals surface area contributed by atoms with Crippen molar-refractivity contribution >= 4 is 0 Å². The number of rotatable bonds is 3. The van der Waals surface area contributed by atoms with E-state index < -0.39 is 0 Å². The zero-order chi connectivity index (χ0) is 16.7. The molecule has 0 aliphatic heterocycles. The first-order chi connectivity index (χ1) is 11.4. The smallest absolute Gasteiger partial charge is 0.0543 e. The van der Waals surface area contributed by atoms with Crippen molar-refractivity contribution in [1.82, 2.24) is 0 Å². The van der Waals surface area contributed by atoms with Gasteiger partial charge in [-0.05, 0) is 110 Å². The molecule has 0 aromatic heterocycles. The van der Waals surface area contributed by atoms with Gasteiger partial charge in [-0.15, -0.1) is 0 Å². The highest BCUT2D eigenvalue weighted by molar-refractivity contribution is 5.33. The summed E-state index contributed by atoms with van der Waals surface area (Å²) < 4.78 is 0. The standard InChI is InChI=1S/C23H38O/c1-15(2)4-5-16-6-7-19-21(16,3)11-10-20-22-13-9-18(24)14-17(22)8-12-23(19,20)22/h15-20,24H,4-14H2,1-3H3. The molecule has 5 fully saturated rings. The van der Waals surface area contributed by atoms with Gasteiger partial charge in [0.1, 0.15) is 0 Å². The molecule has 5 saturated carbocycles. The van der Waals surface area contributed by atoms with Gasteiger partial charge < -0.3 is 5.11 Å². The lowest BCUT2D eigenvalue weighted by Crippen LogP contribution is -2.39. The van der Waals surface area contributed by atoms with Gasteiger partial charge in [-0.1, -0.05) is 27.2 Å². The Bertz CT molecular complexity index is 526. The van der Waals surface area contributed by atoms with Crippen LogP contribution in [0.5, 0.6) is 0 Å². The highest BCUT2D eigenvalue weighted by atomic mass is 16.3. The summed E-state index contributed by atoms with van der Waals surface area (Å²) in [6.45, 7) is 7.50. The Labute approximate surface area is 149 Å². The van der Waals surface area contributed by atoms with E-state index in [9.17, 15) is 5.11 Å². The zero-order valence-electron chi connectivity index (χ0n) is 16.2. The SMILES string of the molecule is CC(C)CCC1CCC2C1(C)CCC1C34CCC(O)CC3CCC214. The summed E-state index contributed by atoms with van der Waals surface area (Å²) in [5.74, 6) is 4.83. The fraction of sp³-hybridized carbons (Fsp3) is 1.00. The molecule has 1 heteroatoms. The molecular formula is C23H38O. The Balaban J connectivity index is 1.43. The molecular weight excluding hydrogens is 292 g/mol. The summed E-state index contributed by atoms with van der Waals surface area (Å²) in [4.78, 5) is 0. The maximum absolute atomic E-state index is 10.2. The molecule has 8 atom stereocenters. The monoisotopic (exact) mass is 330 g/mol. The molecule has 0 radical (unpaired) electrons. The third kappa shape index (κ3) is 1.72. The summed E-state index contributed by atoms with van der Waals surface area (Å²) in [5, 5.41) is 10.2. The second-order valence-electron chi connectivity index (χ2n) is 11.1.